The molecular formula is C27H44N4O8S. The molecule has 0 bridgehead atoms. The molecule has 12 nitrogen and oxygen atoms in total. The summed E-state index contributed by atoms with van der Waals surface area (Å²) in [5.74, 6) is -1.47. The summed E-state index contributed by atoms with van der Waals surface area (Å²) in [7, 11) is -0.987. The fourth-order valence-corrected chi connectivity index (χ4v) is 5.89. The lowest BCUT2D eigenvalue weighted by Crippen LogP contribution is -2.48. The van der Waals surface area contributed by atoms with Gasteiger partial charge in [0.2, 0.25) is 15.9 Å². The lowest BCUT2D eigenvalue weighted by atomic mass is 9.89. The molecule has 226 valence electrons. The molecule has 1 saturated heterocycles. The van der Waals surface area contributed by atoms with Crippen LogP contribution in [0.3, 0.4) is 0 Å². The van der Waals surface area contributed by atoms with Gasteiger partial charge in [-0.05, 0) is 69.7 Å². The molecule has 0 spiro atoms. The molecule has 40 heavy (non-hydrogen) atoms. The summed E-state index contributed by atoms with van der Waals surface area (Å²) in [4.78, 5) is 40.7. The monoisotopic (exact) mass is 584 g/mol. The molecular weight excluding hydrogens is 540 g/mol. The molecule has 3 N–H and O–H groups in total. The van der Waals surface area contributed by atoms with E-state index in [4.69, 9.17) is 9.47 Å². The second-order valence-corrected chi connectivity index (χ2v) is 13.1. The van der Waals surface area contributed by atoms with E-state index in [-0.39, 0.29) is 41.3 Å². The van der Waals surface area contributed by atoms with Gasteiger partial charge in [0.05, 0.1) is 17.9 Å². The van der Waals surface area contributed by atoms with Crippen LogP contribution in [0.15, 0.2) is 23.1 Å². The maximum absolute atomic E-state index is 13.3. The van der Waals surface area contributed by atoms with E-state index in [1.165, 1.54) is 25.3 Å². The van der Waals surface area contributed by atoms with Crippen LogP contribution >= 0.6 is 0 Å². The number of likely N-dealkylation sites (tertiary alicyclic amines) is 1. The van der Waals surface area contributed by atoms with Crippen LogP contribution in [0, 0.1) is 5.92 Å². The van der Waals surface area contributed by atoms with Gasteiger partial charge in [-0.15, -0.1) is 0 Å². The molecule has 1 atom stereocenters. The first-order valence-corrected chi connectivity index (χ1v) is 14.9. The minimum atomic E-state index is -4.11. The fraction of sp³-hybridized carbons (Fsp3) is 0.667. The van der Waals surface area contributed by atoms with Crippen LogP contribution in [0.2, 0.25) is 0 Å². The van der Waals surface area contributed by atoms with Gasteiger partial charge in [-0.1, -0.05) is 13.8 Å². The van der Waals surface area contributed by atoms with E-state index in [2.05, 4.69) is 4.72 Å². The van der Waals surface area contributed by atoms with Crippen molar-refractivity contribution in [3.05, 3.63) is 23.8 Å². The molecule has 0 aromatic heterocycles. The SMILES string of the molecule is COc1ccc(S(=O)(=O)NCCC(=O)N2CCC(N(C)C(=O)OC(C)(C)C)CC2)c(C(CC(C)C)C(=O)NO)c1. The maximum atomic E-state index is 13.3. The van der Waals surface area contributed by atoms with Crippen LogP contribution in [0.25, 0.3) is 0 Å². The van der Waals surface area contributed by atoms with Gasteiger partial charge in [0.1, 0.15) is 11.4 Å². The van der Waals surface area contributed by atoms with E-state index in [0.717, 1.165) is 0 Å². The summed E-state index contributed by atoms with van der Waals surface area (Å²) in [6.07, 6.45) is 1.01. The lowest BCUT2D eigenvalue weighted by Gasteiger charge is -2.37. The number of nitrogens with zero attached hydrogens (tertiary/aromatic N) is 2. The zero-order valence-electron chi connectivity index (χ0n) is 24.5. The zero-order valence-corrected chi connectivity index (χ0v) is 25.3. The van der Waals surface area contributed by atoms with Crippen molar-refractivity contribution in [3.8, 4) is 5.75 Å². The van der Waals surface area contributed by atoms with Crippen molar-refractivity contribution in [1.82, 2.24) is 20.0 Å². The van der Waals surface area contributed by atoms with Crippen LogP contribution in [0.4, 0.5) is 4.79 Å². The number of benzene rings is 1. The third kappa shape index (κ3) is 9.34. The van der Waals surface area contributed by atoms with Gasteiger partial charge in [0.15, 0.2) is 0 Å². The third-order valence-corrected chi connectivity index (χ3v) is 8.23. The van der Waals surface area contributed by atoms with Gasteiger partial charge < -0.3 is 19.3 Å². The Labute approximate surface area is 237 Å². The number of hydrogen-bond acceptors (Lipinski definition) is 8. The number of amides is 3. The highest BCUT2D eigenvalue weighted by atomic mass is 32.2. The summed E-state index contributed by atoms with van der Waals surface area (Å²) >= 11 is 0. The van der Waals surface area contributed by atoms with E-state index >= 15 is 0 Å². The number of sulfonamides is 1. The average Bonchev–Trinajstić information content (AvgIpc) is 2.89. The van der Waals surface area contributed by atoms with Gasteiger partial charge in [-0.2, -0.15) is 0 Å². The number of ether oxygens (including phenoxy) is 2. The van der Waals surface area contributed by atoms with E-state index in [0.29, 0.717) is 38.1 Å². The van der Waals surface area contributed by atoms with Crippen molar-refractivity contribution in [3.63, 3.8) is 0 Å². The number of piperidine rings is 1. The maximum Gasteiger partial charge on any atom is 0.410 e. The topological polar surface area (TPSA) is 155 Å². The van der Waals surface area contributed by atoms with Gasteiger partial charge in [0, 0.05) is 39.1 Å². The largest absolute Gasteiger partial charge is 0.497 e. The Balaban J connectivity index is 2.04. The smallest absolute Gasteiger partial charge is 0.410 e. The predicted molar refractivity (Wildman–Crippen MR) is 149 cm³/mol. The van der Waals surface area contributed by atoms with Crippen LogP contribution in [-0.4, -0.2) is 86.8 Å². The Morgan fingerprint density at radius 3 is 2.33 bits per heavy atom. The standard InChI is InChI=1S/C27H44N4O8S/c1-18(2)16-22(25(33)29-35)21-17-20(38-7)8-9-23(21)40(36,37)28-13-10-24(32)31-14-11-19(12-15-31)30(6)26(34)39-27(3,4)5/h8-9,17-19,22,28,35H,10-16H2,1-7H3,(H,29,33). The van der Waals surface area contributed by atoms with Crippen molar-refractivity contribution in [1.29, 1.82) is 0 Å². The Bertz CT molecular complexity index is 1140. The molecule has 1 aromatic rings. The minimum Gasteiger partial charge on any atom is -0.497 e. The van der Waals surface area contributed by atoms with Crippen molar-refractivity contribution in [2.24, 2.45) is 5.92 Å². The summed E-state index contributed by atoms with van der Waals surface area (Å²) in [6.45, 7) is 9.94. The first-order chi connectivity index (χ1) is 18.6. The van der Waals surface area contributed by atoms with E-state index in [9.17, 15) is 28.0 Å². The second kappa shape index (κ2) is 14.1. The molecule has 0 radical (unpaired) electrons. The Morgan fingerprint density at radius 1 is 1.18 bits per heavy atom. The summed E-state index contributed by atoms with van der Waals surface area (Å²) in [6, 6.07) is 4.24. The number of hydroxylamine groups is 1. The van der Waals surface area contributed by atoms with Crippen molar-refractivity contribution in [2.45, 2.75) is 82.8 Å². The van der Waals surface area contributed by atoms with E-state index < -0.39 is 33.5 Å². The molecule has 1 heterocycles. The van der Waals surface area contributed by atoms with Gasteiger partial charge in [0.25, 0.3) is 5.91 Å². The molecule has 13 heteroatoms. The van der Waals surface area contributed by atoms with Crippen LogP contribution in [0.5, 0.6) is 5.75 Å². The fourth-order valence-electron chi connectivity index (χ4n) is 4.61. The van der Waals surface area contributed by atoms with Crippen molar-refractivity contribution >= 4 is 27.9 Å². The molecule has 2 rings (SSSR count). The molecule has 1 aromatic carbocycles. The Morgan fingerprint density at radius 2 is 1.80 bits per heavy atom. The predicted octanol–water partition coefficient (Wildman–Crippen LogP) is 2.86. The van der Waals surface area contributed by atoms with Crippen LogP contribution in [-0.2, 0) is 24.3 Å². The van der Waals surface area contributed by atoms with Crippen LogP contribution < -0.4 is 14.9 Å². The number of hydrogen-bond donors (Lipinski definition) is 3. The number of methoxy groups -OCH3 is 1. The first-order valence-electron chi connectivity index (χ1n) is 13.4. The Hall–Kier alpha value is -2.90. The highest BCUT2D eigenvalue weighted by Gasteiger charge is 2.31. The van der Waals surface area contributed by atoms with E-state index in [1.807, 2.05) is 13.8 Å². The van der Waals surface area contributed by atoms with E-state index in [1.54, 1.807) is 43.1 Å². The number of carbonyl (C=O) groups is 3. The highest BCUT2D eigenvalue weighted by molar-refractivity contribution is 7.89. The number of carbonyl (C=O) groups excluding carboxylic acids is 3. The summed E-state index contributed by atoms with van der Waals surface area (Å²) < 4.78 is 39.7. The zero-order chi connectivity index (χ0) is 30.3. The van der Waals surface area contributed by atoms with Gasteiger partial charge in [-0.25, -0.2) is 23.4 Å². The van der Waals surface area contributed by atoms with Crippen molar-refractivity contribution < 1.29 is 37.5 Å². The molecule has 1 unspecified atom stereocenters. The number of nitrogens with one attached hydrogen (secondary N) is 2. The minimum absolute atomic E-state index is 0.0303. The molecule has 1 aliphatic rings. The molecule has 0 aliphatic carbocycles. The van der Waals surface area contributed by atoms with Crippen molar-refractivity contribution in [2.75, 3.05) is 33.8 Å². The second-order valence-electron chi connectivity index (χ2n) is 11.4. The number of rotatable bonds is 11. The molecule has 1 fully saturated rings. The summed E-state index contributed by atoms with van der Waals surface area (Å²) in [5, 5.41) is 9.28. The summed E-state index contributed by atoms with van der Waals surface area (Å²) in [5.41, 5.74) is 1.23. The highest BCUT2D eigenvalue weighted by Crippen LogP contribution is 2.32. The normalized spacial score (nSPS) is 15.5. The Kier molecular flexibility index (Phi) is 11.8. The van der Waals surface area contributed by atoms with Gasteiger partial charge in [-0.3, -0.25) is 14.8 Å². The molecule has 0 saturated carbocycles. The molecule has 1 aliphatic heterocycles. The molecule has 3 amide bonds. The third-order valence-electron chi connectivity index (χ3n) is 6.69. The quantitative estimate of drug-likeness (QED) is 0.265. The van der Waals surface area contributed by atoms with Crippen LogP contribution in [0.1, 0.15) is 71.8 Å². The average molecular weight is 585 g/mol. The lowest BCUT2D eigenvalue weighted by molar-refractivity contribution is -0.132. The first kappa shape index (κ1) is 33.3. The van der Waals surface area contributed by atoms with Gasteiger partial charge >= 0.3 is 6.09 Å².